The first-order valence-corrected chi connectivity index (χ1v) is 7.09. The highest BCUT2D eigenvalue weighted by Crippen LogP contribution is 2.24. The van der Waals surface area contributed by atoms with Crippen LogP contribution in [0.15, 0.2) is 42.5 Å². The number of anilines is 1. The van der Waals surface area contributed by atoms with Crippen molar-refractivity contribution in [1.82, 2.24) is 9.55 Å². The first-order valence-electron chi connectivity index (χ1n) is 7.09. The van der Waals surface area contributed by atoms with Gasteiger partial charge in [0.1, 0.15) is 5.75 Å². The molecule has 1 aromatic heterocycles. The molecule has 21 heavy (non-hydrogen) atoms. The van der Waals surface area contributed by atoms with Crippen LogP contribution in [0.4, 0.5) is 5.95 Å². The second-order valence-corrected chi connectivity index (χ2v) is 5.08. The molecule has 0 aliphatic carbocycles. The smallest absolute Gasteiger partial charge is 0.201 e. The van der Waals surface area contributed by atoms with Gasteiger partial charge in [0.25, 0.3) is 0 Å². The summed E-state index contributed by atoms with van der Waals surface area (Å²) in [5.41, 5.74) is 10.5. The SMILES string of the molecule is CCc1ccc(Cn2c(N)nc3ccc(OC)cc32)cc1. The van der Waals surface area contributed by atoms with E-state index in [0.29, 0.717) is 12.5 Å². The number of nitrogen functional groups attached to an aromatic ring is 1. The third-order valence-electron chi connectivity index (χ3n) is 3.76. The minimum atomic E-state index is 0.526. The van der Waals surface area contributed by atoms with E-state index in [9.17, 15) is 0 Å². The van der Waals surface area contributed by atoms with E-state index in [1.807, 2.05) is 22.8 Å². The first-order chi connectivity index (χ1) is 10.2. The average Bonchev–Trinajstić information content (AvgIpc) is 2.83. The number of nitrogens with zero attached hydrogens (tertiary/aromatic N) is 2. The molecule has 0 fully saturated rings. The number of fused-ring (bicyclic) bond motifs is 1. The van der Waals surface area contributed by atoms with Crippen molar-refractivity contribution in [1.29, 1.82) is 0 Å². The molecule has 1 heterocycles. The van der Waals surface area contributed by atoms with Crippen LogP contribution in [0.3, 0.4) is 0 Å². The van der Waals surface area contributed by atoms with Crippen LogP contribution in [0.25, 0.3) is 11.0 Å². The third kappa shape index (κ3) is 2.57. The van der Waals surface area contributed by atoms with Crippen molar-refractivity contribution in [3.8, 4) is 5.75 Å². The minimum Gasteiger partial charge on any atom is -0.497 e. The lowest BCUT2D eigenvalue weighted by Gasteiger charge is -2.08. The summed E-state index contributed by atoms with van der Waals surface area (Å²) in [5, 5.41) is 0. The van der Waals surface area contributed by atoms with Gasteiger partial charge in [-0.2, -0.15) is 0 Å². The number of methoxy groups -OCH3 is 1. The van der Waals surface area contributed by atoms with Crippen molar-refractivity contribution < 1.29 is 4.74 Å². The van der Waals surface area contributed by atoms with Crippen LogP contribution in [0, 0.1) is 0 Å². The molecule has 0 spiro atoms. The van der Waals surface area contributed by atoms with Crippen molar-refractivity contribution in [2.24, 2.45) is 0 Å². The normalized spacial score (nSPS) is 11.0. The van der Waals surface area contributed by atoms with E-state index in [1.165, 1.54) is 11.1 Å². The fourth-order valence-electron chi connectivity index (χ4n) is 2.48. The van der Waals surface area contributed by atoms with Gasteiger partial charge in [0.15, 0.2) is 0 Å². The summed E-state index contributed by atoms with van der Waals surface area (Å²) in [4.78, 5) is 4.40. The van der Waals surface area contributed by atoms with E-state index < -0.39 is 0 Å². The van der Waals surface area contributed by atoms with Crippen LogP contribution < -0.4 is 10.5 Å². The van der Waals surface area contributed by atoms with Gasteiger partial charge in [-0.15, -0.1) is 0 Å². The number of hydrogen-bond acceptors (Lipinski definition) is 3. The number of aryl methyl sites for hydroxylation is 1. The molecule has 0 bridgehead atoms. The molecule has 0 amide bonds. The summed E-state index contributed by atoms with van der Waals surface area (Å²) in [6, 6.07) is 14.4. The second-order valence-electron chi connectivity index (χ2n) is 5.08. The van der Waals surface area contributed by atoms with E-state index in [4.69, 9.17) is 10.5 Å². The number of benzene rings is 2. The topological polar surface area (TPSA) is 53.1 Å². The molecule has 0 unspecified atom stereocenters. The van der Waals surface area contributed by atoms with Crippen molar-refractivity contribution in [3.05, 3.63) is 53.6 Å². The molecule has 4 nitrogen and oxygen atoms in total. The average molecular weight is 281 g/mol. The number of rotatable bonds is 4. The van der Waals surface area contributed by atoms with Gasteiger partial charge in [0.2, 0.25) is 5.95 Å². The van der Waals surface area contributed by atoms with Crippen LogP contribution in [-0.4, -0.2) is 16.7 Å². The van der Waals surface area contributed by atoms with Gasteiger partial charge in [0, 0.05) is 6.07 Å². The molecule has 0 radical (unpaired) electrons. The Hall–Kier alpha value is -2.49. The van der Waals surface area contributed by atoms with Gasteiger partial charge < -0.3 is 15.0 Å². The van der Waals surface area contributed by atoms with Crippen molar-refractivity contribution in [3.63, 3.8) is 0 Å². The van der Waals surface area contributed by atoms with Crippen molar-refractivity contribution in [2.75, 3.05) is 12.8 Å². The summed E-state index contributed by atoms with van der Waals surface area (Å²) < 4.78 is 7.30. The quantitative estimate of drug-likeness (QED) is 0.798. The summed E-state index contributed by atoms with van der Waals surface area (Å²) in [7, 11) is 1.66. The molecule has 0 aliphatic heterocycles. The molecule has 3 aromatic rings. The van der Waals surface area contributed by atoms with Crippen molar-refractivity contribution >= 4 is 17.0 Å². The number of imidazole rings is 1. The van der Waals surface area contributed by atoms with E-state index in [0.717, 1.165) is 23.2 Å². The Balaban J connectivity index is 2.00. The Labute approximate surface area is 124 Å². The molecule has 0 aliphatic rings. The Morgan fingerprint density at radius 1 is 1.10 bits per heavy atom. The highest BCUT2D eigenvalue weighted by atomic mass is 16.5. The summed E-state index contributed by atoms with van der Waals surface area (Å²) in [6.45, 7) is 2.86. The molecule has 3 rings (SSSR count). The van der Waals surface area contributed by atoms with E-state index in [2.05, 4.69) is 36.2 Å². The number of aromatic nitrogens is 2. The Morgan fingerprint density at radius 3 is 2.48 bits per heavy atom. The van der Waals surface area contributed by atoms with Crippen LogP contribution in [0.2, 0.25) is 0 Å². The maximum atomic E-state index is 6.06. The minimum absolute atomic E-state index is 0.526. The molecule has 2 N–H and O–H groups in total. The molecule has 4 heteroatoms. The Morgan fingerprint density at radius 2 is 1.81 bits per heavy atom. The van der Waals surface area contributed by atoms with Crippen LogP contribution >= 0.6 is 0 Å². The number of nitrogens with two attached hydrogens (primary N) is 1. The Kier molecular flexibility index (Phi) is 3.52. The lowest BCUT2D eigenvalue weighted by molar-refractivity contribution is 0.415. The van der Waals surface area contributed by atoms with Crippen LogP contribution in [0.1, 0.15) is 18.1 Å². The predicted octanol–water partition coefficient (Wildman–Crippen LogP) is 3.24. The fourth-order valence-corrected chi connectivity index (χ4v) is 2.48. The monoisotopic (exact) mass is 281 g/mol. The first kappa shape index (κ1) is 13.5. The van der Waals surface area contributed by atoms with Gasteiger partial charge >= 0.3 is 0 Å². The lowest BCUT2D eigenvalue weighted by atomic mass is 10.1. The van der Waals surface area contributed by atoms with E-state index in [-0.39, 0.29) is 0 Å². The molecule has 2 aromatic carbocycles. The van der Waals surface area contributed by atoms with Gasteiger partial charge in [-0.1, -0.05) is 31.2 Å². The van der Waals surface area contributed by atoms with E-state index >= 15 is 0 Å². The zero-order valence-corrected chi connectivity index (χ0v) is 12.3. The Bertz CT molecular complexity index is 760. The summed E-state index contributed by atoms with van der Waals surface area (Å²) in [5.74, 6) is 1.34. The molecule has 0 saturated heterocycles. The molecule has 108 valence electrons. The second kappa shape index (κ2) is 5.48. The standard InChI is InChI=1S/C17H19N3O/c1-3-12-4-6-13(7-5-12)11-20-16-10-14(21-2)8-9-15(16)19-17(20)18/h4-10H,3,11H2,1-2H3,(H2,18,19). The molecule has 0 saturated carbocycles. The number of hydrogen-bond donors (Lipinski definition) is 1. The van der Waals surface area contributed by atoms with Gasteiger partial charge in [0.05, 0.1) is 24.7 Å². The van der Waals surface area contributed by atoms with Gasteiger partial charge in [-0.05, 0) is 29.7 Å². The zero-order valence-electron chi connectivity index (χ0n) is 12.3. The van der Waals surface area contributed by atoms with Crippen LogP contribution in [0.5, 0.6) is 5.75 Å². The summed E-state index contributed by atoms with van der Waals surface area (Å²) >= 11 is 0. The summed E-state index contributed by atoms with van der Waals surface area (Å²) in [6.07, 6.45) is 1.05. The maximum absolute atomic E-state index is 6.06. The highest BCUT2D eigenvalue weighted by Gasteiger charge is 2.09. The van der Waals surface area contributed by atoms with Crippen molar-refractivity contribution in [2.45, 2.75) is 19.9 Å². The van der Waals surface area contributed by atoms with Crippen LogP contribution in [-0.2, 0) is 13.0 Å². The molecule has 0 atom stereocenters. The number of ether oxygens (including phenoxy) is 1. The third-order valence-corrected chi connectivity index (χ3v) is 3.76. The highest BCUT2D eigenvalue weighted by molar-refractivity contribution is 5.80. The van der Waals surface area contributed by atoms with Gasteiger partial charge in [-0.3, -0.25) is 0 Å². The zero-order chi connectivity index (χ0) is 14.8. The maximum Gasteiger partial charge on any atom is 0.201 e. The van der Waals surface area contributed by atoms with E-state index in [1.54, 1.807) is 7.11 Å². The lowest BCUT2D eigenvalue weighted by Crippen LogP contribution is -2.04. The largest absolute Gasteiger partial charge is 0.497 e. The molecular weight excluding hydrogens is 262 g/mol. The van der Waals surface area contributed by atoms with Gasteiger partial charge in [-0.25, -0.2) is 4.98 Å². The predicted molar refractivity (Wildman–Crippen MR) is 85.6 cm³/mol. The fraction of sp³-hybridized carbons (Fsp3) is 0.235. The molecular formula is C17H19N3O.